The number of fused-ring (bicyclic) bond motifs is 6. The van der Waals surface area contributed by atoms with Crippen molar-refractivity contribution in [1.29, 1.82) is 0 Å². The van der Waals surface area contributed by atoms with Gasteiger partial charge >= 0.3 is 0 Å². The van der Waals surface area contributed by atoms with Gasteiger partial charge in [-0.1, -0.05) is 231 Å². The number of nitrogens with zero attached hydrogens (tertiary/aromatic N) is 2. The second kappa shape index (κ2) is 18.6. The van der Waals surface area contributed by atoms with Gasteiger partial charge < -0.3 is 13.9 Å². The van der Waals surface area contributed by atoms with Crippen LogP contribution in [-0.2, 0) is 0 Å². The zero-order valence-corrected chi connectivity index (χ0v) is 41.0. The highest BCUT2D eigenvalue weighted by Gasteiger charge is 2.19. The quantitative estimate of drug-likeness (QED) is 0.136. The first-order valence-corrected chi connectivity index (χ1v) is 25.6. The van der Waals surface area contributed by atoms with Crippen LogP contribution in [0.25, 0.3) is 116 Å². The number of aromatic nitrogens is 1. The predicted octanol–water partition coefficient (Wildman–Crippen LogP) is 20.2. The Morgan fingerprint density at radius 3 is 0.907 bits per heavy atom. The third kappa shape index (κ3) is 7.95. The predicted molar refractivity (Wildman–Crippen MR) is 315 cm³/mol. The molecule has 0 fully saturated rings. The minimum atomic E-state index is 0.881. The number of hydrogen-bond acceptors (Lipinski definition) is 2. The Morgan fingerprint density at radius 1 is 0.227 bits per heavy atom. The summed E-state index contributed by atoms with van der Waals surface area (Å²) in [5.74, 6) is 0. The van der Waals surface area contributed by atoms with E-state index in [1.54, 1.807) is 0 Å². The van der Waals surface area contributed by atoms with E-state index in [4.69, 9.17) is 4.42 Å². The average Bonchev–Trinajstić information content (AvgIpc) is 4.07. The van der Waals surface area contributed by atoms with E-state index in [0.29, 0.717) is 0 Å². The van der Waals surface area contributed by atoms with Gasteiger partial charge in [0, 0.05) is 55.4 Å². The maximum absolute atomic E-state index is 7.00. The van der Waals surface area contributed by atoms with Gasteiger partial charge in [0.2, 0.25) is 0 Å². The Morgan fingerprint density at radius 2 is 0.520 bits per heavy atom. The summed E-state index contributed by atoms with van der Waals surface area (Å²) in [6, 6.07) is 105. The summed E-state index contributed by atoms with van der Waals surface area (Å²) in [5, 5.41) is 4.71. The molecule has 0 bridgehead atoms. The number of hydrogen-bond donors (Lipinski definition) is 0. The molecule has 75 heavy (non-hydrogen) atoms. The summed E-state index contributed by atoms with van der Waals surface area (Å²) in [6.07, 6.45) is 0. The molecular weight excluding hydrogens is 909 g/mol. The van der Waals surface area contributed by atoms with Gasteiger partial charge in [0.05, 0.1) is 11.0 Å². The molecule has 0 atom stereocenters. The van der Waals surface area contributed by atoms with E-state index in [1.807, 2.05) is 0 Å². The van der Waals surface area contributed by atoms with E-state index < -0.39 is 0 Å². The van der Waals surface area contributed by atoms with Gasteiger partial charge in [0.1, 0.15) is 11.2 Å². The Kier molecular flexibility index (Phi) is 10.8. The molecule has 2 aromatic heterocycles. The monoisotopic (exact) mass is 956 g/mol. The lowest BCUT2D eigenvalue weighted by Gasteiger charge is -2.26. The summed E-state index contributed by atoms with van der Waals surface area (Å²) >= 11 is 0. The van der Waals surface area contributed by atoms with Crippen LogP contribution in [0.3, 0.4) is 0 Å². The smallest absolute Gasteiger partial charge is 0.143 e. The van der Waals surface area contributed by atoms with Crippen LogP contribution in [0, 0.1) is 0 Å². The fourth-order valence-electron chi connectivity index (χ4n) is 11.1. The minimum Gasteiger partial charge on any atom is -0.455 e. The van der Waals surface area contributed by atoms with Gasteiger partial charge in [-0.05, 0) is 116 Å². The van der Waals surface area contributed by atoms with Crippen molar-refractivity contribution in [1.82, 2.24) is 4.57 Å². The third-order valence-corrected chi connectivity index (χ3v) is 14.9. The second-order valence-electron chi connectivity index (χ2n) is 19.2. The summed E-state index contributed by atoms with van der Waals surface area (Å²) in [6.45, 7) is 0. The first kappa shape index (κ1) is 43.8. The molecule has 2 heterocycles. The van der Waals surface area contributed by atoms with Gasteiger partial charge in [-0.15, -0.1) is 0 Å². The van der Waals surface area contributed by atoms with Crippen LogP contribution in [-0.4, -0.2) is 4.57 Å². The highest BCUT2D eigenvalue weighted by atomic mass is 16.3. The van der Waals surface area contributed by atoms with Gasteiger partial charge in [0.15, 0.2) is 0 Å². The Labute approximate surface area is 436 Å². The number of rotatable bonds is 10. The lowest BCUT2D eigenvalue weighted by Crippen LogP contribution is -2.09. The molecule has 12 aromatic carbocycles. The molecule has 14 rings (SSSR count). The minimum absolute atomic E-state index is 0.881. The molecule has 3 heteroatoms. The molecule has 0 aliphatic heterocycles. The van der Waals surface area contributed by atoms with Crippen molar-refractivity contribution in [3.05, 3.63) is 291 Å². The normalized spacial score (nSPS) is 11.5. The van der Waals surface area contributed by atoms with Gasteiger partial charge in [-0.25, -0.2) is 0 Å². The average molecular weight is 957 g/mol. The van der Waals surface area contributed by atoms with E-state index in [9.17, 15) is 0 Å². The van der Waals surface area contributed by atoms with E-state index in [1.165, 1.54) is 66.3 Å². The molecule has 0 unspecified atom stereocenters. The van der Waals surface area contributed by atoms with Crippen LogP contribution >= 0.6 is 0 Å². The van der Waals surface area contributed by atoms with Crippen molar-refractivity contribution in [3.63, 3.8) is 0 Å². The van der Waals surface area contributed by atoms with Crippen molar-refractivity contribution < 1.29 is 4.42 Å². The largest absolute Gasteiger partial charge is 0.455 e. The first-order chi connectivity index (χ1) is 37.2. The standard InChI is InChI=1S/C72H48N2O/c1-3-13-49(14-4-1)51-25-29-53(30-26-51)55-33-41-59(42-34-55)73(60-43-35-56(36-44-60)54-31-27-52(28-32-54)50-15-5-2-6-16-50)61-45-37-57(38-46-61)63-19-11-21-67-68-22-12-20-64(72(68)75-71(63)67)58-39-47-62(48-40-58)74-69-23-9-7-17-65(69)66-18-8-10-24-70(66)74/h1-48H. The molecule has 0 N–H and O–H groups in total. The molecule has 0 amide bonds. The van der Waals surface area contributed by atoms with E-state index in [0.717, 1.165) is 66.9 Å². The molecule has 0 aliphatic rings. The van der Waals surface area contributed by atoms with Crippen LogP contribution in [0.15, 0.2) is 296 Å². The summed E-state index contributed by atoms with van der Waals surface area (Å²) in [4.78, 5) is 2.34. The van der Waals surface area contributed by atoms with Crippen LogP contribution in [0.4, 0.5) is 17.1 Å². The third-order valence-electron chi connectivity index (χ3n) is 14.9. The highest BCUT2D eigenvalue weighted by Crippen LogP contribution is 2.43. The summed E-state index contributed by atoms with van der Waals surface area (Å²) < 4.78 is 9.36. The second-order valence-corrected chi connectivity index (χ2v) is 19.2. The zero-order valence-electron chi connectivity index (χ0n) is 41.0. The Hall–Kier alpha value is -9.96. The Balaban J connectivity index is 0.796. The van der Waals surface area contributed by atoms with Crippen molar-refractivity contribution in [2.45, 2.75) is 0 Å². The van der Waals surface area contributed by atoms with Crippen LogP contribution in [0.5, 0.6) is 0 Å². The van der Waals surface area contributed by atoms with E-state index >= 15 is 0 Å². The van der Waals surface area contributed by atoms with Crippen molar-refractivity contribution in [2.24, 2.45) is 0 Å². The summed E-state index contributed by atoms with van der Waals surface area (Å²) in [7, 11) is 0. The number of furan rings is 1. The van der Waals surface area contributed by atoms with Crippen molar-refractivity contribution >= 4 is 60.8 Å². The zero-order chi connectivity index (χ0) is 49.7. The lowest BCUT2D eigenvalue weighted by molar-refractivity contribution is 0.671. The Bertz CT molecular complexity index is 4150. The van der Waals surface area contributed by atoms with Crippen molar-refractivity contribution in [3.8, 4) is 72.4 Å². The van der Waals surface area contributed by atoms with Crippen LogP contribution in [0.2, 0.25) is 0 Å². The van der Waals surface area contributed by atoms with Gasteiger partial charge in [-0.2, -0.15) is 0 Å². The van der Waals surface area contributed by atoms with Gasteiger partial charge in [-0.3, -0.25) is 0 Å². The fourth-order valence-corrected chi connectivity index (χ4v) is 11.1. The molecule has 0 aliphatic carbocycles. The molecular formula is C72H48N2O. The topological polar surface area (TPSA) is 21.3 Å². The molecule has 0 saturated heterocycles. The van der Waals surface area contributed by atoms with E-state index in [-0.39, 0.29) is 0 Å². The molecule has 0 saturated carbocycles. The van der Waals surface area contributed by atoms with Crippen LogP contribution in [0.1, 0.15) is 0 Å². The maximum atomic E-state index is 7.00. The maximum Gasteiger partial charge on any atom is 0.143 e. The summed E-state index contributed by atoms with van der Waals surface area (Å²) in [5.41, 5.74) is 22.4. The lowest BCUT2D eigenvalue weighted by atomic mass is 9.99. The van der Waals surface area contributed by atoms with Crippen molar-refractivity contribution in [2.75, 3.05) is 4.90 Å². The highest BCUT2D eigenvalue weighted by molar-refractivity contribution is 6.13. The van der Waals surface area contributed by atoms with E-state index in [2.05, 4.69) is 301 Å². The number of para-hydroxylation sites is 4. The van der Waals surface area contributed by atoms with Crippen LogP contribution < -0.4 is 4.90 Å². The fraction of sp³-hybridized carbons (Fsp3) is 0. The number of benzene rings is 12. The van der Waals surface area contributed by atoms with Gasteiger partial charge in [0.25, 0.3) is 0 Å². The molecule has 3 nitrogen and oxygen atoms in total. The first-order valence-electron chi connectivity index (χ1n) is 25.6. The molecule has 352 valence electrons. The number of anilines is 3. The molecule has 0 spiro atoms. The molecule has 0 radical (unpaired) electrons. The molecule has 14 aromatic rings. The SMILES string of the molecule is c1ccc(-c2ccc(-c3ccc(N(c4ccc(-c5ccc(-c6ccccc6)cc5)cc4)c4ccc(-c5cccc6c5oc5c(-c7ccc(-n8c9ccccc9c9ccccc98)cc7)cccc56)cc4)cc3)cc2)cc1.